The van der Waals surface area contributed by atoms with Crippen molar-refractivity contribution in [2.45, 2.75) is 6.92 Å². The zero-order chi connectivity index (χ0) is 17.0. The molecule has 7 heteroatoms. The molecule has 0 spiro atoms. The van der Waals surface area contributed by atoms with Gasteiger partial charge in [-0.3, -0.25) is 4.79 Å². The standard InChI is InChI=1S/C16H22N2O5/c1-11-9-13(21-2)14(22-3)10-12(11)15(19)17-5-7-18(8-6-17)16(20)23-4/h9-10H,5-8H2,1-4H3. The highest BCUT2D eigenvalue weighted by Gasteiger charge is 2.26. The molecule has 1 saturated heterocycles. The van der Waals surface area contributed by atoms with Gasteiger partial charge in [0.2, 0.25) is 0 Å². The van der Waals surface area contributed by atoms with Crippen LogP contribution in [0.25, 0.3) is 0 Å². The summed E-state index contributed by atoms with van der Waals surface area (Å²) in [6, 6.07) is 3.49. The molecule has 0 N–H and O–H groups in total. The summed E-state index contributed by atoms with van der Waals surface area (Å²) in [7, 11) is 4.45. The van der Waals surface area contributed by atoms with Gasteiger partial charge in [0, 0.05) is 31.7 Å². The second-order valence-corrected chi connectivity index (χ2v) is 5.27. The predicted octanol–water partition coefficient (Wildman–Crippen LogP) is 1.54. The Morgan fingerprint density at radius 3 is 1.96 bits per heavy atom. The molecular weight excluding hydrogens is 300 g/mol. The summed E-state index contributed by atoms with van der Waals surface area (Å²) in [6.07, 6.45) is -0.362. The van der Waals surface area contributed by atoms with Gasteiger partial charge in [0.1, 0.15) is 0 Å². The second-order valence-electron chi connectivity index (χ2n) is 5.27. The van der Waals surface area contributed by atoms with E-state index in [2.05, 4.69) is 0 Å². The van der Waals surface area contributed by atoms with Crippen molar-refractivity contribution in [3.8, 4) is 11.5 Å². The Bertz CT molecular complexity index is 594. The Balaban J connectivity index is 2.14. The molecule has 0 bridgehead atoms. The number of rotatable bonds is 3. The highest BCUT2D eigenvalue weighted by molar-refractivity contribution is 5.96. The summed E-state index contributed by atoms with van der Waals surface area (Å²) in [5, 5.41) is 0. The predicted molar refractivity (Wildman–Crippen MR) is 84.2 cm³/mol. The molecular formula is C16H22N2O5. The first-order chi connectivity index (χ1) is 11.0. The summed E-state index contributed by atoms with van der Waals surface area (Å²) in [4.78, 5) is 27.5. The van der Waals surface area contributed by atoms with Crippen LogP contribution in [-0.4, -0.2) is 69.3 Å². The molecule has 23 heavy (non-hydrogen) atoms. The van der Waals surface area contributed by atoms with Gasteiger partial charge in [-0.25, -0.2) is 4.79 Å². The van der Waals surface area contributed by atoms with E-state index < -0.39 is 0 Å². The number of hydrogen-bond donors (Lipinski definition) is 0. The molecule has 0 aromatic heterocycles. The molecule has 1 heterocycles. The van der Waals surface area contributed by atoms with Crippen LogP contribution in [-0.2, 0) is 4.74 Å². The van der Waals surface area contributed by atoms with Crippen LogP contribution in [0.2, 0.25) is 0 Å². The Hall–Kier alpha value is -2.44. The lowest BCUT2D eigenvalue weighted by Gasteiger charge is -2.34. The molecule has 0 saturated carbocycles. The van der Waals surface area contributed by atoms with Crippen LogP contribution >= 0.6 is 0 Å². The first-order valence-electron chi connectivity index (χ1n) is 7.36. The van der Waals surface area contributed by atoms with Crippen LogP contribution in [0, 0.1) is 6.92 Å². The van der Waals surface area contributed by atoms with Crippen LogP contribution in [0.15, 0.2) is 12.1 Å². The van der Waals surface area contributed by atoms with E-state index in [1.165, 1.54) is 14.2 Å². The van der Waals surface area contributed by atoms with Crippen LogP contribution < -0.4 is 9.47 Å². The Labute approximate surface area is 135 Å². The van der Waals surface area contributed by atoms with Gasteiger partial charge in [0.05, 0.1) is 21.3 Å². The minimum absolute atomic E-state index is 0.0760. The highest BCUT2D eigenvalue weighted by atomic mass is 16.5. The lowest BCUT2D eigenvalue weighted by atomic mass is 10.1. The Morgan fingerprint density at radius 1 is 0.913 bits per heavy atom. The fourth-order valence-corrected chi connectivity index (χ4v) is 2.60. The molecule has 0 unspecified atom stereocenters. The van der Waals surface area contributed by atoms with E-state index in [9.17, 15) is 9.59 Å². The summed E-state index contributed by atoms with van der Waals surface area (Å²) >= 11 is 0. The number of hydrogen-bond acceptors (Lipinski definition) is 5. The molecule has 1 aromatic carbocycles. The van der Waals surface area contributed by atoms with E-state index in [0.29, 0.717) is 43.2 Å². The third-order valence-electron chi connectivity index (χ3n) is 3.96. The molecule has 7 nitrogen and oxygen atoms in total. The number of benzene rings is 1. The van der Waals surface area contributed by atoms with Crippen molar-refractivity contribution in [1.29, 1.82) is 0 Å². The molecule has 2 amide bonds. The molecule has 0 radical (unpaired) electrons. The largest absolute Gasteiger partial charge is 0.493 e. The second kappa shape index (κ2) is 7.21. The molecule has 1 aliphatic heterocycles. The van der Waals surface area contributed by atoms with E-state index in [-0.39, 0.29) is 12.0 Å². The fraction of sp³-hybridized carbons (Fsp3) is 0.500. The molecule has 1 fully saturated rings. The number of carbonyl (C=O) groups excluding carboxylic acids is 2. The highest BCUT2D eigenvalue weighted by Crippen LogP contribution is 2.31. The van der Waals surface area contributed by atoms with Crippen molar-refractivity contribution in [3.05, 3.63) is 23.3 Å². The number of aryl methyl sites for hydroxylation is 1. The lowest BCUT2D eigenvalue weighted by Crippen LogP contribution is -2.50. The number of carbonyl (C=O) groups is 2. The van der Waals surface area contributed by atoms with Gasteiger partial charge >= 0.3 is 6.09 Å². The zero-order valence-electron chi connectivity index (χ0n) is 13.9. The first kappa shape index (κ1) is 16.9. The van der Waals surface area contributed by atoms with Gasteiger partial charge < -0.3 is 24.0 Å². The van der Waals surface area contributed by atoms with Gasteiger partial charge in [-0.2, -0.15) is 0 Å². The quantitative estimate of drug-likeness (QED) is 0.844. The van der Waals surface area contributed by atoms with Gasteiger partial charge in [0.25, 0.3) is 5.91 Å². The Morgan fingerprint density at radius 2 is 1.43 bits per heavy atom. The summed E-state index contributed by atoms with van der Waals surface area (Å²) in [6.45, 7) is 3.73. The van der Waals surface area contributed by atoms with E-state index in [4.69, 9.17) is 14.2 Å². The number of methoxy groups -OCH3 is 3. The number of ether oxygens (including phenoxy) is 3. The van der Waals surface area contributed by atoms with Crippen molar-refractivity contribution in [2.24, 2.45) is 0 Å². The van der Waals surface area contributed by atoms with Crippen LogP contribution in [0.5, 0.6) is 11.5 Å². The molecule has 1 aliphatic rings. The number of piperazine rings is 1. The van der Waals surface area contributed by atoms with Crippen LogP contribution in [0.4, 0.5) is 4.79 Å². The van der Waals surface area contributed by atoms with Crippen molar-refractivity contribution in [1.82, 2.24) is 9.80 Å². The monoisotopic (exact) mass is 322 g/mol. The minimum Gasteiger partial charge on any atom is -0.493 e. The summed E-state index contributed by atoms with van der Waals surface area (Å²) in [5.41, 5.74) is 1.40. The first-order valence-corrected chi connectivity index (χ1v) is 7.36. The van der Waals surface area contributed by atoms with Crippen molar-refractivity contribution < 1.29 is 23.8 Å². The zero-order valence-corrected chi connectivity index (χ0v) is 13.9. The van der Waals surface area contributed by atoms with Gasteiger partial charge in [-0.15, -0.1) is 0 Å². The molecule has 2 rings (SSSR count). The maximum Gasteiger partial charge on any atom is 0.409 e. The van der Waals surface area contributed by atoms with Gasteiger partial charge in [0.15, 0.2) is 11.5 Å². The molecule has 1 aromatic rings. The van der Waals surface area contributed by atoms with E-state index in [0.717, 1.165) is 5.56 Å². The van der Waals surface area contributed by atoms with E-state index in [1.807, 2.05) is 6.92 Å². The van der Waals surface area contributed by atoms with Crippen LogP contribution in [0.1, 0.15) is 15.9 Å². The van der Waals surface area contributed by atoms with Crippen molar-refractivity contribution in [2.75, 3.05) is 47.5 Å². The SMILES string of the molecule is COC(=O)N1CCN(C(=O)c2cc(OC)c(OC)cc2C)CC1. The van der Waals surface area contributed by atoms with E-state index in [1.54, 1.807) is 29.0 Å². The maximum atomic E-state index is 12.7. The third kappa shape index (κ3) is 3.49. The van der Waals surface area contributed by atoms with Crippen LogP contribution in [0.3, 0.4) is 0 Å². The average molecular weight is 322 g/mol. The average Bonchev–Trinajstić information content (AvgIpc) is 2.60. The topological polar surface area (TPSA) is 68.3 Å². The van der Waals surface area contributed by atoms with Crippen molar-refractivity contribution in [3.63, 3.8) is 0 Å². The maximum absolute atomic E-state index is 12.7. The van der Waals surface area contributed by atoms with E-state index >= 15 is 0 Å². The minimum atomic E-state index is -0.362. The number of amides is 2. The normalized spacial score (nSPS) is 14.4. The smallest absolute Gasteiger partial charge is 0.409 e. The fourth-order valence-electron chi connectivity index (χ4n) is 2.60. The summed E-state index contributed by atoms with van der Waals surface area (Å²) < 4.78 is 15.2. The summed E-state index contributed by atoms with van der Waals surface area (Å²) in [5.74, 6) is 1.04. The third-order valence-corrected chi connectivity index (χ3v) is 3.96. The van der Waals surface area contributed by atoms with Gasteiger partial charge in [-0.05, 0) is 24.6 Å². The van der Waals surface area contributed by atoms with Gasteiger partial charge in [-0.1, -0.05) is 0 Å². The molecule has 0 aliphatic carbocycles. The lowest BCUT2D eigenvalue weighted by molar-refractivity contribution is 0.0598. The Kier molecular flexibility index (Phi) is 5.31. The molecule has 126 valence electrons. The van der Waals surface area contributed by atoms with Crippen molar-refractivity contribution >= 4 is 12.0 Å². The molecule has 0 atom stereocenters. The number of nitrogens with zero attached hydrogens (tertiary/aromatic N) is 2.